The van der Waals surface area contributed by atoms with Crippen LogP contribution in [0, 0.1) is 0 Å². The molecule has 1 atom stereocenters. The minimum absolute atomic E-state index is 0.128. The van der Waals surface area contributed by atoms with Gasteiger partial charge in [0.05, 0.1) is 6.61 Å². The summed E-state index contributed by atoms with van der Waals surface area (Å²) in [5.41, 5.74) is 2.31. The van der Waals surface area contributed by atoms with E-state index >= 15 is 0 Å². The van der Waals surface area contributed by atoms with Crippen molar-refractivity contribution in [3.63, 3.8) is 0 Å². The standard InChI is InChI=1S/C12H18N2O/c15-9-11-3-1-10(2-4-11)7-12-8-13-5-6-14-12/h1-4,12-15H,5-9H2/t12-/m1/s1. The topological polar surface area (TPSA) is 44.3 Å². The van der Waals surface area contributed by atoms with Crippen molar-refractivity contribution in [1.82, 2.24) is 10.6 Å². The van der Waals surface area contributed by atoms with Crippen molar-refractivity contribution >= 4 is 0 Å². The number of nitrogens with one attached hydrogen (secondary N) is 2. The fraction of sp³-hybridized carbons (Fsp3) is 0.500. The smallest absolute Gasteiger partial charge is 0.0681 e. The average molecular weight is 206 g/mol. The molecule has 1 heterocycles. The van der Waals surface area contributed by atoms with Gasteiger partial charge in [0, 0.05) is 25.7 Å². The van der Waals surface area contributed by atoms with E-state index in [1.165, 1.54) is 5.56 Å². The molecule has 1 fully saturated rings. The summed E-state index contributed by atoms with van der Waals surface area (Å²) in [6, 6.07) is 8.72. The molecule has 0 spiro atoms. The minimum Gasteiger partial charge on any atom is -0.392 e. The zero-order chi connectivity index (χ0) is 10.5. The second kappa shape index (κ2) is 5.26. The van der Waals surface area contributed by atoms with Crippen LogP contribution in [0.4, 0.5) is 0 Å². The van der Waals surface area contributed by atoms with Crippen LogP contribution in [0.25, 0.3) is 0 Å². The number of hydrogen-bond donors (Lipinski definition) is 3. The van der Waals surface area contributed by atoms with Gasteiger partial charge in [-0.1, -0.05) is 24.3 Å². The number of hydrogen-bond acceptors (Lipinski definition) is 3. The van der Waals surface area contributed by atoms with Gasteiger partial charge in [-0.05, 0) is 17.5 Å². The van der Waals surface area contributed by atoms with Crippen molar-refractivity contribution in [3.8, 4) is 0 Å². The van der Waals surface area contributed by atoms with Crippen LogP contribution in [0.2, 0.25) is 0 Å². The Hall–Kier alpha value is -0.900. The Labute approximate surface area is 90.5 Å². The highest BCUT2D eigenvalue weighted by molar-refractivity contribution is 5.22. The lowest BCUT2D eigenvalue weighted by Gasteiger charge is -2.24. The van der Waals surface area contributed by atoms with Crippen molar-refractivity contribution in [2.24, 2.45) is 0 Å². The van der Waals surface area contributed by atoms with E-state index in [2.05, 4.69) is 22.8 Å². The summed E-state index contributed by atoms with van der Waals surface area (Å²) in [7, 11) is 0. The molecule has 3 N–H and O–H groups in total. The summed E-state index contributed by atoms with van der Waals surface area (Å²) in [5.74, 6) is 0. The van der Waals surface area contributed by atoms with Gasteiger partial charge < -0.3 is 15.7 Å². The van der Waals surface area contributed by atoms with Crippen molar-refractivity contribution in [2.45, 2.75) is 19.1 Å². The quantitative estimate of drug-likeness (QED) is 0.666. The van der Waals surface area contributed by atoms with Crippen LogP contribution in [0.1, 0.15) is 11.1 Å². The first-order chi connectivity index (χ1) is 7.38. The third kappa shape index (κ3) is 3.02. The molecule has 2 rings (SSSR count). The first-order valence-electron chi connectivity index (χ1n) is 5.51. The number of rotatable bonds is 3. The monoisotopic (exact) mass is 206 g/mol. The molecule has 1 aliphatic heterocycles. The molecular formula is C12H18N2O. The highest BCUT2D eigenvalue weighted by Crippen LogP contribution is 2.07. The van der Waals surface area contributed by atoms with E-state index in [-0.39, 0.29) is 6.61 Å². The number of aliphatic hydroxyl groups excluding tert-OH is 1. The molecule has 0 amide bonds. The molecule has 0 unspecified atom stereocenters. The molecule has 1 aliphatic rings. The molecule has 3 heteroatoms. The molecule has 0 saturated carbocycles. The molecule has 0 aliphatic carbocycles. The summed E-state index contributed by atoms with van der Waals surface area (Å²) in [5, 5.41) is 15.8. The van der Waals surface area contributed by atoms with Crippen LogP contribution >= 0.6 is 0 Å². The second-order valence-corrected chi connectivity index (χ2v) is 4.03. The molecular weight excluding hydrogens is 188 g/mol. The summed E-state index contributed by atoms with van der Waals surface area (Å²) in [6.45, 7) is 3.30. The molecule has 1 saturated heterocycles. The average Bonchev–Trinajstić information content (AvgIpc) is 2.31. The molecule has 82 valence electrons. The van der Waals surface area contributed by atoms with Crippen LogP contribution in [0.3, 0.4) is 0 Å². The maximum absolute atomic E-state index is 8.93. The molecule has 0 aromatic heterocycles. The first kappa shape index (κ1) is 10.6. The highest BCUT2D eigenvalue weighted by Gasteiger charge is 2.11. The number of piperazine rings is 1. The third-order valence-electron chi connectivity index (χ3n) is 2.81. The van der Waals surface area contributed by atoms with E-state index in [1.807, 2.05) is 12.1 Å². The van der Waals surface area contributed by atoms with E-state index in [1.54, 1.807) is 0 Å². The van der Waals surface area contributed by atoms with Gasteiger partial charge in [-0.3, -0.25) is 0 Å². The number of benzene rings is 1. The van der Waals surface area contributed by atoms with Crippen LogP contribution in [-0.4, -0.2) is 30.8 Å². The summed E-state index contributed by atoms with van der Waals surface area (Å²) >= 11 is 0. The normalized spacial score (nSPS) is 21.5. The van der Waals surface area contributed by atoms with E-state index in [9.17, 15) is 0 Å². The fourth-order valence-electron chi connectivity index (χ4n) is 1.92. The van der Waals surface area contributed by atoms with Crippen LogP contribution in [-0.2, 0) is 13.0 Å². The molecule has 3 nitrogen and oxygen atoms in total. The van der Waals surface area contributed by atoms with Gasteiger partial charge in [0.25, 0.3) is 0 Å². The van der Waals surface area contributed by atoms with Crippen molar-refractivity contribution in [1.29, 1.82) is 0 Å². The Morgan fingerprint density at radius 2 is 1.87 bits per heavy atom. The maximum atomic E-state index is 8.93. The zero-order valence-corrected chi connectivity index (χ0v) is 8.87. The minimum atomic E-state index is 0.128. The lowest BCUT2D eigenvalue weighted by molar-refractivity contribution is 0.282. The van der Waals surface area contributed by atoms with Gasteiger partial charge in [-0.15, -0.1) is 0 Å². The fourth-order valence-corrected chi connectivity index (χ4v) is 1.92. The van der Waals surface area contributed by atoms with E-state index in [0.717, 1.165) is 31.6 Å². The Morgan fingerprint density at radius 3 is 2.47 bits per heavy atom. The Kier molecular flexibility index (Phi) is 3.72. The van der Waals surface area contributed by atoms with E-state index < -0.39 is 0 Å². The lowest BCUT2D eigenvalue weighted by atomic mass is 10.0. The molecule has 1 aromatic carbocycles. The molecule has 1 aromatic rings. The number of aliphatic hydroxyl groups is 1. The van der Waals surface area contributed by atoms with Crippen LogP contribution < -0.4 is 10.6 Å². The van der Waals surface area contributed by atoms with Gasteiger partial charge in [-0.25, -0.2) is 0 Å². The predicted octanol–water partition coefficient (Wildman–Crippen LogP) is 0.283. The molecule has 0 bridgehead atoms. The molecule has 0 radical (unpaired) electrons. The van der Waals surface area contributed by atoms with E-state index in [4.69, 9.17) is 5.11 Å². The van der Waals surface area contributed by atoms with Crippen molar-refractivity contribution in [3.05, 3.63) is 35.4 Å². The Morgan fingerprint density at radius 1 is 1.13 bits per heavy atom. The maximum Gasteiger partial charge on any atom is 0.0681 e. The summed E-state index contributed by atoms with van der Waals surface area (Å²) in [6.07, 6.45) is 1.05. The summed E-state index contributed by atoms with van der Waals surface area (Å²) in [4.78, 5) is 0. The van der Waals surface area contributed by atoms with Gasteiger partial charge in [0.15, 0.2) is 0 Å². The van der Waals surface area contributed by atoms with Crippen molar-refractivity contribution < 1.29 is 5.11 Å². The SMILES string of the molecule is OCc1ccc(C[C@@H]2CNCCN2)cc1. The van der Waals surface area contributed by atoms with Gasteiger partial charge >= 0.3 is 0 Å². The Balaban J connectivity index is 1.91. The van der Waals surface area contributed by atoms with Crippen LogP contribution in [0.15, 0.2) is 24.3 Å². The second-order valence-electron chi connectivity index (χ2n) is 4.03. The highest BCUT2D eigenvalue weighted by atomic mass is 16.3. The van der Waals surface area contributed by atoms with Gasteiger partial charge in [0.1, 0.15) is 0 Å². The summed E-state index contributed by atoms with van der Waals surface area (Å²) < 4.78 is 0. The predicted molar refractivity (Wildman–Crippen MR) is 60.7 cm³/mol. The zero-order valence-electron chi connectivity index (χ0n) is 8.87. The largest absolute Gasteiger partial charge is 0.392 e. The lowest BCUT2D eigenvalue weighted by Crippen LogP contribution is -2.49. The molecule has 15 heavy (non-hydrogen) atoms. The third-order valence-corrected chi connectivity index (χ3v) is 2.81. The van der Waals surface area contributed by atoms with Gasteiger partial charge in [-0.2, -0.15) is 0 Å². The van der Waals surface area contributed by atoms with E-state index in [0.29, 0.717) is 6.04 Å². The van der Waals surface area contributed by atoms with Crippen LogP contribution in [0.5, 0.6) is 0 Å². The Bertz CT molecular complexity index is 291. The first-order valence-corrected chi connectivity index (χ1v) is 5.51. The van der Waals surface area contributed by atoms with Crippen molar-refractivity contribution in [2.75, 3.05) is 19.6 Å². The van der Waals surface area contributed by atoms with Gasteiger partial charge in [0.2, 0.25) is 0 Å².